The highest BCUT2D eigenvalue weighted by molar-refractivity contribution is 5.84. The molecular weight excluding hydrogens is 300 g/mol. The van der Waals surface area contributed by atoms with Crippen LogP contribution in [0.5, 0.6) is 5.75 Å². The van der Waals surface area contributed by atoms with Crippen LogP contribution in [0.2, 0.25) is 0 Å². The largest absolute Gasteiger partial charge is 0.497 e. The van der Waals surface area contributed by atoms with E-state index >= 15 is 0 Å². The fourth-order valence-corrected chi connectivity index (χ4v) is 3.61. The van der Waals surface area contributed by atoms with Crippen LogP contribution in [0.15, 0.2) is 36.4 Å². The van der Waals surface area contributed by atoms with Gasteiger partial charge in [-0.15, -0.1) is 0 Å². The summed E-state index contributed by atoms with van der Waals surface area (Å²) in [5.41, 5.74) is 1.31. The smallest absolute Gasteiger partial charge is 0.119 e. The topological polar surface area (TPSA) is 35.9 Å². The van der Waals surface area contributed by atoms with Crippen LogP contribution in [0.25, 0.3) is 10.8 Å². The Morgan fingerprint density at radius 3 is 2.54 bits per heavy atom. The first-order valence-electron chi connectivity index (χ1n) is 8.80. The number of aliphatic hydroxyl groups is 1. The first-order valence-corrected chi connectivity index (χ1v) is 8.80. The van der Waals surface area contributed by atoms with Gasteiger partial charge < -0.3 is 14.7 Å². The highest BCUT2D eigenvalue weighted by Crippen LogP contribution is 2.24. The second kappa shape index (κ2) is 7.97. The van der Waals surface area contributed by atoms with E-state index in [0.29, 0.717) is 6.04 Å². The van der Waals surface area contributed by atoms with Crippen LogP contribution in [0.1, 0.15) is 18.4 Å². The number of likely N-dealkylation sites (tertiary alicyclic amines) is 1. The van der Waals surface area contributed by atoms with Crippen molar-refractivity contribution in [3.05, 3.63) is 42.0 Å². The van der Waals surface area contributed by atoms with Crippen molar-refractivity contribution in [1.29, 1.82) is 0 Å². The van der Waals surface area contributed by atoms with E-state index < -0.39 is 0 Å². The summed E-state index contributed by atoms with van der Waals surface area (Å²) in [4.78, 5) is 4.83. The molecule has 1 aliphatic rings. The fourth-order valence-electron chi connectivity index (χ4n) is 3.61. The first kappa shape index (κ1) is 17.2. The Morgan fingerprint density at radius 2 is 1.83 bits per heavy atom. The third kappa shape index (κ3) is 4.07. The molecule has 4 nitrogen and oxygen atoms in total. The lowest BCUT2D eigenvalue weighted by molar-refractivity contribution is 0.0941. The van der Waals surface area contributed by atoms with Crippen LogP contribution in [0.4, 0.5) is 0 Å². The van der Waals surface area contributed by atoms with E-state index in [1.165, 1.54) is 29.2 Å². The number of hydrogen-bond acceptors (Lipinski definition) is 4. The number of methoxy groups -OCH3 is 1. The second-order valence-corrected chi connectivity index (χ2v) is 6.78. The van der Waals surface area contributed by atoms with Crippen molar-refractivity contribution in [2.45, 2.75) is 25.4 Å². The van der Waals surface area contributed by atoms with Gasteiger partial charge in [0.25, 0.3) is 0 Å². The lowest BCUT2D eigenvalue weighted by Crippen LogP contribution is -2.44. The van der Waals surface area contributed by atoms with Gasteiger partial charge in [0.2, 0.25) is 0 Å². The molecule has 3 rings (SSSR count). The predicted molar refractivity (Wildman–Crippen MR) is 98.5 cm³/mol. The minimum atomic E-state index is 0.219. The van der Waals surface area contributed by atoms with Gasteiger partial charge >= 0.3 is 0 Å². The van der Waals surface area contributed by atoms with Gasteiger partial charge in [-0.2, -0.15) is 0 Å². The lowest BCUT2D eigenvalue weighted by atomic mass is 10.0. The number of ether oxygens (including phenoxy) is 1. The number of hydrogen-bond donors (Lipinski definition) is 1. The van der Waals surface area contributed by atoms with E-state index in [2.05, 4.69) is 47.2 Å². The maximum Gasteiger partial charge on any atom is 0.119 e. The molecule has 2 aromatic carbocycles. The monoisotopic (exact) mass is 328 g/mol. The Hall–Kier alpha value is -1.62. The average molecular weight is 328 g/mol. The molecule has 1 aliphatic heterocycles. The second-order valence-electron chi connectivity index (χ2n) is 6.78. The van der Waals surface area contributed by atoms with E-state index in [-0.39, 0.29) is 6.61 Å². The van der Waals surface area contributed by atoms with E-state index in [9.17, 15) is 5.11 Å². The quantitative estimate of drug-likeness (QED) is 0.884. The maximum absolute atomic E-state index is 9.46. The Bertz CT molecular complexity index is 666. The lowest BCUT2D eigenvalue weighted by Gasteiger charge is -2.37. The number of benzene rings is 2. The number of rotatable bonds is 6. The summed E-state index contributed by atoms with van der Waals surface area (Å²) in [6.07, 6.45) is 2.36. The molecule has 1 N–H and O–H groups in total. The molecule has 0 bridgehead atoms. The van der Waals surface area contributed by atoms with E-state index in [1.54, 1.807) is 7.11 Å². The van der Waals surface area contributed by atoms with Crippen LogP contribution in [0.3, 0.4) is 0 Å². The summed E-state index contributed by atoms with van der Waals surface area (Å²) in [5.74, 6) is 0.892. The van der Waals surface area contributed by atoms with E-state index in [0.717, 1.165) is 31.9 Å². The SMILES string of the molecule is COc1ccc2cc(CN(CCO)C3CCN(C)CC3)ccc2c1. The Labute approximate surface area is 144 Å². The van der Waals surface area contributed by atoms with E-state index in [4.69, 9.17) is 4.74 Å². The zero-order chi connectivity index (χ0) is 16.9. The third-order valence-electron chi connectivity index (χ3n) is 5.09. The molecule has 1 heterocycles. The molecule has 0 saturated carbocycles. The van der Waals surface area contributed by atoms with E-state index in [1.807, 2.05) is 6.07 Å². The van der Waals surface area contributed by atoms with Gasteiger partial charge in [0.05, 0.1) is 13.7 Å². The van der Waals surface area contributed by atoms with Crippen LogP contribution < -0.4 is 4.74 Å². The summed E-state index contributed by atoms with van der Waals surface area (Å²) in [7, 11) is 3.88. The molecule has 1 saturated heterocycles. The molecule has 0 amide bonds. The number of nitrogens with zero attached hydrogens (tertiary/aromatic N) is 2. The average Bonchev–Trinajstić information content (AvgIpc) is 2.61. The Morgan fingerprint density at radius 1 is 1.12 bits per heavy atom. The molecule has 0 radical (unpaired) electrons. The molecule has 2 aromatic rings. The maximum atomic E-state index is 9.46. The van der Waals surface area contributed by atoms with Crippen molar-refractivity contribution in [2.24, 2.45) is 0 Å². The molecule has 4 heteroatoms. The van der Waals surface area contributed by atoms with Gasteiger partial charge in [0, 0.05) is 19.1 Å². The summed E-state index contributed by atoms with van der Waals surface area (Å²) in [5, 5.41) is 11.9. The number of piperidine rings is 1. The van der Waals surface area contributed by atoms with Gasteiger partial charge in [-0.05, 0) is 67.5 Å². The van der Waals surface area contributed by atoms with Crippen molar-refractivity contribution in [1.82, 2.24) is 9.80 Å². The normalized spacial score (nSPS) is 16.8. The van der Waals surface area contributed by atoms with Crippen molar-refractivity contribution in [3.63, 3.8) is 0 Å². The Kier molecular flexibility index (Phi) is 5.72. The van der Waals surface area contributed by atoms with Gasteiger partial charge in [0.1, 0.15) is 5.75 Å². The predicted octanol–water partition coefficient (Wildman–Crippen LogP) is 2.74. The molecule has 0 spiro atoms. The summed E-state index contributed by atoms with van der Waals surface area (Å²) >= 11 is 0. The summed E-state index contributed by atoms with van der Waals surface area (Å²) in [6, 6.07) is 13.4. The zero-order valence-electron chi connectivity index (χ0n) is 14.7. The third-order valence-corrected chi connectivity index (χ3v) is 5.09. The molecular formula is C20H28N2O2. The summed E-state index contributed by atoms with van der Waals surface area (Å²) < 4.78 is 5.30. The Balaban J connectivity index is 1.75. The molecule has 0 aromatic heterocycles. The molecule has 0 unspecified atom stereocenters. The first-order chi connectivity index (χ1) is 11.7. The van der Waals surface area contributed by atoms with Crippen molar-refractivity contribution >= 4 is 10.8 Å². The standard InChI is InChI=1S/C20H28N2O2/c1-21-9-7-19(8-10-21)22(11-12-23)15-16-3-4-18-14-20(24-2)6-5-17(18)13-16/h3-6,13-14,19,23H,7-12,15H2,1-2H3. The van der Waals surface area contributed by atoms with Crippen LogP contribution >= 0.6 is 0 Å². The highest BCUT2D eigenvalue weighted by atomic mass is 16.5. The highest BCUT2D eigenvalue weighted by Gasteiger charge is 2.22. The minimum absolute atomic E-state index is 0.219. The van der Waals surface area contributed by atoms with Crippen LogP contribution in [0, 0.1) is 0 Å². The number of fused-ring (bicyclic) bond motifs is 1. The van der Waals surface area contributed by atoms with Crippen molar-refractivity contribution < 1.29 is 9.84 Å². The molecule has 1 fully saturated rings. The van der Waals surface area contributed by atoms with Crippen molar-refractivity contribution in [3.8, 4) is 5.75 Å². The van der Waals surface area contributed by atoms with Gasteiger partial charge in [-0.3, -0.25) is 4.90 Å². The van der Waals surface area contributed by atoms with Gasteiger partial charge in [-0.25, -0.2) is 0 Å². The van der Waals surface area contributed by atoms with Crippen LogP contribution in [-0.2, 0) is 6.54 Å². The fraction of sp³-hybridized carbons (Fsp3) is 0.500. The zero-order valence-corrected chi connectivity index (χ0v) is 14.7. The molecule has 24 heavy (non-hydrogen) atoms. The molecule has 0 aliphatic carbocycles. The van der Waals surface area contributed by atoms with Crippen molar-refractivity contribution in [2.75, 3.05) is 40.4 Å². The molecule has 0 atom stereocenters. The van der Waals surface area contributed by atoms with Gasteiger partial charge in [0.15, 0.2) is 0 Å². The molecule has 130 valence electrons. The number of aliphatic hydroxyl groups excluding tert-OH is 1. The minimum Gasteiger partial charge on any atom is -0.497 e. The summed E-state index contributed by atoms with van der Waals surface area (Å²) in [6.45, 7) is 4.15. The van der Waals surface area contributed by atoms with Gasteiger partial charge in [-0.1, -0.05) is 18.2 Å². The van der Waals surface area contributed by atoms with Crippen LogP contribution in [-0.4, -0.2) is 61.3 Å².